The fourth-order valence-electron chi connectivity index (χ4n) is 2.53. The Bertz CT molecular complexity index is 705. The van der Waals surface area contributed by atoms with Gasteiger partial charge >= 0.3 is 17.8 Å². The smallest absolute Gasteiger partial charge is 0.463 e. The number of nitrogens with zero attached hydrogens (tertiary/aromatic N) is 2. The van der Waals surface area contributed by atoms with E-state index >= 15 is 0 Å². The Morgan fingerprint density at radius 1 is 1.42 bits per heavy atom. The number of aromatic nitrogens is 2. The number of carbonyl (C=O) groups excluding carboxylic acids is 2. The predicted octanol–water partition coefficient (Wildman–Crippen LogP) is -0.201. The van der Waals surface area contributed by atoms with Gasteiger partial charge in [-0.05, 0) is 6.07 Å². The molecule has 1 aromatic rings. The number of hydrogen-bond donors (Lipinski definition) is 2. The third-order valence-corrected chi connectivity index (χ3v) is 3.67. The van der Waals surface area contributed by atoms with Crippen molar-refractivity contribution in [3.05, 3.63) is 22.7 Å². The quantitative estimate of drug-likeness (QED) is 0.546. The van der Waals surface area contributed by atoms with Gasteiger partial charge < -0.3 is 18.9 Å². The van der Waals surface area contributed by atoms with Crippen molar-refractivity contribution in [1.29, 1.82) is 0 Å². The number of ether oxygens (including phenoxy) is 4. The summed E-state index contributed by atoms with van der Waals surface area (Å²) in [6.45, 7) is 1.50. The van der Waals surface area contributed by atoms with Crippen LogP contribution in [-0.2, 0) is 23.7 Å². The molecule has 3 rings (SSSR count). The maximum Gasteiger partial charge on any atom is 0.509 e. The minimum atomic E-state index is -0.987. The molecule has 0 radical (unpaired) electrons. The molecule has 11 nitrogen and oxygen atoms in total. The SMILES string of the molecule is CCC(=O)OC[C@H]1O[C@@H](n2ccc(NO)nc2=O)[C@@H]2OC(=O)O[C@@H]21. The molecule has 24 heavy (non-hydrogen) atoms. The molecule has 0 amide bonds. The van der Waals surface area contributed by atoms with Gasteiger partial charge in [0.2, 0.25) is 0 Å². The summed E-state index contributed by atoms with van der Waals surface area (Å²) in [7, 11) is 0. The number of fused-ring (bicyclic) bond motifs is 1. The Kier molecular flexibility index (Phi) is 4.36. The van der Waals surface area contributed by atoms with Crippen LogP contribution in [0.15, 0.2) is 17.1 Å². The van der Waals surface area contributed by atoms with Crippen LogP contribution in [0.3, 0.4) is 0 Å². The molecule has 0 unspecified atom stereocenters. The maximum absolute atomic E-state index is 12.0. The normalized spacial score (nSPS) is 28.0. The topological polar surface area (TPSA) is 138 Å². The number of hydrogen-bond acceptors (Lipinski definition) is 10. The summed E-state index contributed by atoms with van der Waals surface area (Å²) in [5.74, 6) is -0.472. The van der Waals surface area contributed by atoms with Crippen LogP contribution in [-0.4, -0.2) is 51.8 Å². The minimum absolute atomic E-state index is 0.0427. The van der Waals surface area contributed by atoms with Gasteiger partial charge in [-0.3, -0.25) is 20.0 Å². The van der Waals surface area contributed by atoms with Crippen molar-refractivity contribution < 1.29 is 33.7 Å². The maximum atomic E-state index is 12.0. The lowest BCUT2D eigenvalue weighted by molar-refractivity contribution is -0.150. The molecule has 2 fully saturated rings. The highest BCUT2D eigenvalue weighted by atomic mass is 16.8. The van der Waals surface area contributed by atoms with Gasteiger partial charge in [-0.15, -0.1) is 0 Å². The van der Waals surface area contributed by atoms with Crippen molar-refractivity contribution in [1.82, 2.24) is 9.55 Å². The van der Waals surface area contributed by atoms with Crippen LogP contribution in [0.1, 0.15) is 19.6 Å². The van der Waals surface area contributed by atoms with Crippen LogP contribution in [0.4, 0.5) is 10.6 Å². The molecule has 0 saturated carbocycles. The van der Waals surface area contributed by atoms with Crippen molar-refractivity contribution in [3.8, 4) is 0 Å². The highest BCUT2D eigenvalue weighted by Crippen LogP contribution is 2.37. The molecule has 11 heteroatoms. The van der Waals surface area contributed by atoms with E-state index in [1.807, 2.05) is 0 Å². The first kappa shape index (κ1) is 16.2. The zero-order valence-corrected chi connectivity index (χ0v) is 12.6. The molecule has 2 saturated heterocycles. The lowest BCUT2D eigenvalue weighted by Crippen LogP contribution is -2.34. The molecule has 0 spiro atoms. The van der Waals surface area contributed by atoms with Gasteiger partial charge in [0.15, 0.2) is 24.3 Å². The third kappa shape index (κ3) is 2.90. The van der Waals surface area contributed by atoms with Crippen molar-refractivity contribution in [3.63, 3.8) is 0 Å². The summed E-state index contributed by atoms with van der Waals surface area (Å²) in [6, 6.07) is 1.34. The molecule has 0 aromatic carbocycles. The van der Waals surface area contributed by atoms with Gasteiger partial charge in [0.25, 0.3) is 0 Å². The van der Waals surface area contributed by atoms with Gasteiger partial charge in [-0.1, -0.05) is 6.92 Å². The van der Waals surface area contributed by atoms with Gasteiger partial charge in [0.1, 0.15) is 12.7 Å². The largest absolute Gasteiger partial charge is 0.509 e. The number of esters is 1. The lowest BCUT2D eigenvalue weighted by Gasteiger charge is -2.18. The Morgan fingerprint density at radius 2 is 2.17 bits per heavy atom. The van der Waals surface area contributed by atoms with E-state index < -0.39 is 42.4 Å². The van der Waals surface area contributed by atoms with Crippen LogP contribution >= 0.6 is 0 Å². The van der Waals surface area contributed by atoms with Crippen LogP contribution in [0.5, 0.6) is 0 Å². The number of carbonyl (C=O) groups is 2. The molecule has 1 aromatic heterocycles. The summed E-state index contributed by atoms with van der Waals surface area (Å²) in [5.41, 5.74) is 1.02. The first-order valence-electron chi connectivity index (χ1n) is 7.21. The van der Waals surface area contributed by atoms with E-state index in [2.05, 4.69) is 4.98 Å². The Balaban J connectivity index is 1.82. The number of nitrogens with one attached hydrogen (secondary N) is 1. The standard InChI is InChI=1S/C13H15N3O8/c1-2-8(17)21-5-6-9-10(24-13(19)23-9)11(22-6)16-4-3-7(15-20)14-12(16)18/h3-4,6,9-11,20H,2,5H2,1H3,(H,14,15,18)/t6-,9-,10-,11-/m1/s1. The molecule has 0 bridgehead atoms. The molecule has 3 heterocycles. The molecular formula is C13H15N3O8. The van der Waals surface area contributed by atoms with E-state index in [0.29, 0.717) is 0 Å². The highest BCUT2D eigenvalue weighted by molar-refractivity contribution is 5.68. The Hall–Kier alpha value is -2.66. The van der Waals surface area contributed by atoms with Gasteiger partial charge in [-0.25, -0.2) is 9.59 Å². The molecule has 4 atom stereocenters. The van der Waals surface area contributed by atoms with Crippen LogP contribution in [0.25, 0.3) is 0 Å². The van der Waals surface area contributed by atoms with Crippen LogP contribution in [0, 0.1) is 0 Å². The van der Waals surface area contributed by atoms with Crippen molar-refractivity contribution in [2.24, 2.45) is 0 Å². The minimum Gasteiger partial charge on any atom is -0.463 e. The molecule has 2 aliphatic heterocycles. The monoisotopic (exact) mass is 341 g/mol. The third-order valence-electron chi connectivity index (χ3n) is 3.67. The van der Waals surface area contributed by atoms with E-state index in [1.165, 1.54) is 12.3 Å². The van der Waals surface area contributed by atoms with Crippen LogP contribution < -0.4 is 11.2 Å². The van der Waals surface area contributed by atoms with Crippen molar-refractivity contribution in [2.75, 3.05) is 12.1 Å². The molecule has 2 aliphatic rings. The van der Waals surface area contributed by atoms with E-state index in [9.17, 15) is 14.4 Å². The van der Waals surface area contributed by atoms with Gasteiger partial charge in [-0.2, -0.15) is 4.98 Å². The number of rotatable bonds is 5. The van der Waals surface area contributed by atoms with Gasteiger partial charge in [0.05, 0.1) is 0 Å². The fourth-order valence-corrected chi connectivity index (χ4v) is 2.53. The van der Waals surface area contributed by atoms with Crippen molar-refractivity contribution in [2.45, 2.75) is 37.9 Å². The van der Waals surface area contributed by atoms with Gasteiger partial charge in [0, 0.05) is 12.6 Å². The Morgan fingerprint density at radius 3 is 2.83 bits per heavy atom. The predicted molar refractivity (Wildman–Crippen MR) is 74.2 cm³/mol. The van der Waals surface area contributed by atoms with E-state index in [1.54, 1.807) is 12.4 Å². The Labute approximate surface area is 135 Å². The lowest BCUT2D eigenvalue weighted by atomic mass is 10.1. The zero-order chi connectivity index (χ0) is 17.3. The first-order valence-corrected chi connectivity index (χ1v) is 7.21. The second-order valence-electron chi connectivity index (χ2n) is 5.13. The second-order valence-corrected chi connectivity index (χ2v) is 5.13. The van der Waals surface area contributed by atoms with E-state index in [-0.39, 0.29) is 18.8 Å². The van der Waals surface area contributed by atoms with Crippen molar-refractivity contribution >= 4 is 17.9 Å². The molecular weight excluding hydrogens is 326 g/mol. The summed E-state index contributed by atoms with van der Waals surface area (Å²) >= 11 is 0. The summed E-state index contributed by atoms with van der Waals surface area (Å²) in [5, 5.41) is 8.76. The molecule has 0 aliphatic carbocycles. The van der Waals surface area contributed by atoms with E-state index in [4.69, 9.17) is 24.2 Å². The average molecular weight is 341 g/mol. The summed E-state index contributed by atoms with van der Waals surface area (Å²) < 4.78 is 21.9. The average Bonchev–Trinajstić information content (AvgIpc) is 3.10. The molecule has 130 valence electrons. The fraction of sp³-hybridized carbons (Fsp3) is 0.538. The van der Waals surface area contributed by atoms with Crippen LogP contribution in [0.2, 0.25) is 0 Å². The molecule has 2 N–H and O–H groups in total. The second kappa shape index (κ2) is 6.45. The highest BCUT2D eigenvalue weighted by Gasteiger charge is 2.55. The summed E-state index contributed by atoms with van der Waals surface area (Å²) in [4.78, 5) is 38.3. The van der Waals surface area contributed by atoms with E-state index in [0.717, 1.165) is 4.57 Å². The number of anilines is 1. The first-order chi connectivity index (χ1) is 11.5. The zero-order valence-electron chi connectivity index (χ0n) is 12.6. The summed E-state index contributed by atoms with van der Waals surface area (Å²) in [6.07, 6.45) is -2.82.